The first-order valence-electron chi connectivity index (χ1n) is 5.81. The van der Waals surface area contributed by atoms with E-state index < -0.39 is 0 Å². The van der Waals surface area contributed by atoms with Crippen molar-refractivity contribution in [3.05, 3.63) is 60.6 Å². The van der Waals surface area contributed by atoms with Crippen LogP contribution in [0.3, 0.4) is 0 Å². The zero-order valence-electron chi connectivity index (χ0n) is 10.3. The van der Waals surface area contributed by atoms with Crippen LogP contribution < -0.4 is 0 Å². The molecule has 3 rings (SSSR count). The Morgan fingerprint density at radius 2 is 2.11 bits per heavy atom. The molecule has 0 spiro atoms. The topological polar surface area (TPSA) is 43.6 Å². The van der Waals surface area contributed by atoms with Crippen molar-refractivity contribution < 1.29 is 4.39 Å². The summed E-state index contributed by atoms with van der Waals surface area (Å²) in [7, 11) is 0. The first kappa shape index (κ1) is 11.5. The predicted molar refractivity (Wildman–Crippen MR) is 69.3 cm³/mol. The maximum Gasteiger partial charge on any atom is 0.149 e. The Kier molecular flexibility index (Phi) is 2.79. The van der Waals surface area contributed by atoms with Crippen molar-refractivity contribution >= 4 is 0 Å². The lowest BCUT2D eigenvalue weighted by Crippen LogP contribution is -1.98. The highest BCUT2D eigenvalue weighted by Gasteiger charge is 2.08. The molecule has 4 nitrogen and oxygen atoms in total. The van der Waals surface area contributed by atoms with E-state index in [2.05, 4.69) is 15.1 Å². The molecule has 0 unspecified atom stereocenters. The predicted octanol–water partition coefficient (Wildman–Crippen LogP) is 2.78. The Bertz CT molecular complexity index is 706. The van der Waals surface area contributed by atoms with E-state index in [1.165, 1.54) is 17.1 Å². The second kappa shape index (κ2) is 4.61. The van der Waals surface area contributed by atoms with Gasteiger partial charge in [0.2, 0.25) is 0 Å². The standard InChI is InChI=1S/C14H11FN4/c1-10-2-3-14(12(15)6-10)19-8-11(7-18-19)13-4-5-16-9-17-13/h2-9H,1H3. The summed E-state index contributed by atoms with van der Waals surface area (Å²) >= 11 is 0. The van der Waals surface area contributed by atoms with Gasteiger partial charge in [-0.05, 0) is 30.7 Å². The van der Waals surface area contributed by atoms with Gasteiger partial charge in [0.1, 0.15) is 17.8 Å². The van der Waals surface area contributed by atoms with Crippen molar-refractivity contribution in [2.75, 3.05) is 0 Å². The van der Waals surface area contributed by atoms with E-state index in [4.69, 9.17) is 0 Å². The van der Waals surface area contributed by atoms with Crippen LogP contribution in [0.15, 0.2) is 49.2 Å². The molecule has 0 fully saturated rings. The highest BCUT2D eigenvalue weighted by molar-refractivity contribution is 5.57. The summed E-state index contributed by atoms with van der Waals surface area (Å²) in [5, 5.41) is 4.17. The molecular weight excluding hydrogens is 243 g/mol. The second-order valence-corrected chi connectivity index (χ2v) is 4.22. The van der Waals surface area contributed by atoms with Crippen LogP contribution in [0.4, 0.5) is 4.39 Å². The molecule has 0 aliphatic carbocycles. The maximum absolute atomic E-state index is 13.9. The second-order valence-electron chi connectivity index (χ2n) is 4.22. The SMILES string of the molecule is Cc1ccc(-n2cc(-c3ccncn3)cn2)c(F)c1. The molecule has 0 aliphatic rings. The fourth-order valence-corrected chi connectivity index (χ4v) is 1.85. The average Bonchev–Trinajstić information content (AvgIpc) is 2.89. The van der Waals surface area contributed by atoms with Gasteiger partial charge in [0.15, 0.2) is 0 Å². The zero-order valence-corrected chi connectivity index (χ0v) is 10.3. The monoisotopic (exact) mass is 254 g/mol. The summed E-state index contributed by atoms with van der Waals surface area (Å²) < 4.78 is 15.4. The molecule has 1 aromatic carbocycles. The lowest BCUT2D eigenvalue weighted by Gasteiger charge is -2.03. The third kappa shape index (κ3) is 2.22. The molecule has 5 heteroatoms. The number of aromatic nitrogens is 4. The number of benzene rings is 1. The molecule has 0 saturated heterocycles. The first-order valence-corrected chi connectivity index (χ1v) is 5.81. The molecule has 0 saturated carbocycles. The van der Waals surface area contributed by atoms with Crippen molar-refractivity contribution in [2.45, 2.75) is 6.92 Å². The van der Waals surface area contributed by atoms with Gasteiger partial charge < -0.3 is 0 Å². The molecule has 94 valence electrons. The van der Waals surface area contributed by atoms with Crippen LogP contribution in [-0.2, 0) is 0 Å². The van der Waals surface area contributed by atoms with Crippen LogP contribution in [0.5, 0.6) is 0 Å². The molecule has 0 amide bonds. The Hall–Kier alpha value is -2.56. The Morgan fingerprint density at radius 1 is 1.21 bits per heavy atom. The highest BCUT2D eigenvalue weighted by Crippen LogP contribution is 2.19. The number of hydrogen-bond donors (Lipinski definition) is 0. The fourth-order valence-electron chi connectivity index (χ4n) is 1.85. The molecule has 0 aliphatic heterocycles. The van der Waals surface area contributed by atoms with Crippen molar-refractivity contribution in [2.24, 2.45) is 0 Å². The van der Waals surface area contributed by atoms with E-state index in [-0.39, 0.29) is 5.82 Å². The van der Waals surface area contributed by atoms with Gasteiger partial charge in [-0.15, -0.1) is 0 Å². The summed E-state index contributed by atoms with van der Waals surface area (Å²) in [6.07, 6.45) is 6.53. The van der Waals surface area contributed by atoms with Crippen LogP contribution in [0.25, 0.3) is 16.9 Å². The molecule has 0 N–H and O–H groups in total. The zero-order chi connectivity index (χ0) is 13.2. The molecule has 2 aromatic heterocycles. The van der Waals surface area contributed by atoms with E-state index in [0.717, 1.165) is 16.8 Å². The van der Waals surface area contributed by atoms with Crippen molar-refractivity contribution in [1.82, 2.24) is 19.7 Å². The lowest BCUT2D eigenvalue weighted by molar-refractivity contribution is 0.609. The highest BCUT2D eigenvalue weighted by atomic mass is 19.1. The van der Waals surface area contributed by atoms with E-state index >= 15 is 0 Å². The smallest absolute Gasteiger partial charge is 0.149 e. The van der Waals surface area contributed by atoms with Crippen LogP contribution in [0.2, 0.25) is 0 Å². The Morgan fingerprint density at radius 3 is 2.84 bits per heavy atom. The minimum absolute atomic E-state index is 0.294. The summed E-state index contributed by atoms with van der Waals surface area (Å²) in [5.41, 5.74) is 2.88. The van der Waals surface area contributed by atoms with Crippen molar-refractivity contribution in [1.29, 1.82) is 0 Å². The number of halogens is 1. The van der Waals surface area contributed by atoms with Gasteiger partial charge in [-0.2, -0.15) is 5.10 Å². The molecular formula is C14H11FN4. The van der Waals surface area contributed by atoms with Crippen molar-refractivity contribution in [3.63, 3.8) is 0 Å². The average molecular weight is 254 g/mol. The van der Waals surface area contributed by atoms with Gasteiger partial charge in [0.25, 0.3) is 0 Å². The minimum Gasteiger partial charge on any atom is -0.245 e. The minimum atomic E-state index is -0.294. The van der Waals surface area contributed by atoms with Gasteiger partial charge in [-0.3, -0.25) is 0 Å². The first-order chi connectivity index (χ1) is 9.24. The van der Waals surface area contributed by atoms with Gasteiger partial charge in [-0.1, -0.05) is 6.07 Å². The summed E-state index contributed by atoms with van der Waals surface area (Å²) in [5.74, 6) is -0.294. The van der Waals surface area contributed by atoms with Crippen LogP contribution >= 0.6 is 0 Å². The van der Waals surface area contributed by atoms with Gasteiger partial charge in [-0.25, -0.2) is 19.0 Å². The summed E-state index contributed by atoms with van der Waals surface area (Å²) in [6, 6.07) is 6.83. The van der Waals surface area contributed by atoms with Crippen LogP contribution in [0, 0.1) is 12.7 Å². The number of rotatable bonds is 2. The Balaban J connectivity index is 2.02. The van der Waals surface area contributed by atoms with Crippen molar-refractivity contribution in [3.8, 4) is 16.9 Å². The summed E-state index contributed by atoms with van der Waals surface area (Å²) in [4.78, 5) is 8.00. The molecule has 3 aromatic rings. The quantitative estimate of drug-likeness (QED) is 0.706. The fraction of sp³-hybridized carbons (Fsp3) is 0.0714. The third-order valence-electron chi connectivity index (χ3n) is 2.81. The normalized spacial score (nSPS) is 10.6. The maximum atomic E-state index is 13.9. The van der Waals surface area contributed by atoms with Gasteiger partial charge >= 0.3 is 0 Å². The van der Waals surface area contributed by atoms with E-state index in [0.29, 0.717) is 5.69 Å². The lowest BCUT2D eigenvalue weighted by atomic mass is 10.2. The van der Waals surface area contributed by atoms with E-state index in [1.807, 2.05) is 13.0 Å². The largest absolute Gasteiger partial charge is 0.245 e. The van der Waals surface area contributed by atoms with Crippen LogP contribution in [0.1, 0.15) is 5.56 Å². The molecule has 0 radical (unpaired) electrons. The van der Waals surface area contributed by atoms with Gasteiger partial charge in [0, 0.05) is 18.0 Å². The molecule has 0 atom stereocenters. The number of aryl methyl sites for hydroxylation is 1. The molecule has 2 heterocycles. The van der Waals surface area contributed by atoms with E-state index in [1.54, 1.807) is 30.7 Å². The van der Waals surface area contributed by atoms with E-state index in [9.17, 15) is 4.39 Å². The number of nitrogens with zero attached hydrogens (tertiary/aromatic N) is 4. The Labute approximate surface area is 109 Å². The summed E-state index contributed by atoms with van der Waals surface area (Å²) in [6.45, 7) is 1.85. The third-order valence-corrected chi connectivity index (χ3v) is 2.81. The van der Waals surface area contributed by atoms with Gasteiger partial charge in [0.05, 0.1) is 11.9 Å². The number of hydrogen-bond acceptors (Lipinski definition) is 3. The molecule has 0 bridgehead atoms. The molecule has 19 heavy (non-hydrogen) atoms. The van der Waals surface area contributed by atoms with Crippen LogP contribution in [-0.4, -0.2) is 19.7 Å².